The summed E-state index contributed by atoms with van der Waals surface area (Å²) in [6.45, 7) is 2.57. The normalized spacial score (nSPS) is 11.9. The molecule has 1 atom stereocenters. The zero-order valence-electron chi connectivity index (χ0n) is 16.3. The van der Waals surface area contributed by atoms with Crippen LogP contribution >= 0.6 is 0 Å². The summed E-state index contributed by atoms with van der Waals surface area (Å²) in [6, 6.07) is 16.2. The molecule has 0 spiro atoms. The molecule has 0 radical (unpaired) electrons. The molecule has 0 aliphatic rings. The van der Waals surface area contributed by atoms with Gasteiger partial charge in [-0.05, 0) is 50.8 Å². The molecule has 1 N–H and O–H groups in total. The van der Waals surface area contributed by atoms with Crippen LogP contribution in [0.4, 0.5) is 5.69 Å². The first-order chi connectivity index (χ1) is 12.4. The quantitative estimate of drug-likeness (QED) is 0.791. The molecule has 2 aromatic rings. The smallest absolute Gasteiger partial charge is 0.258 e. The van der Waals surface area contributed by atoms with E-state index in [1.165, 1.54) is 5.56 Å². The van der Waals surface area contributed by atoms with E-state index in [4.69, 9.17) is 4.74 Å². The number of amides is 1. The van der Waals surface area contributed by atoms with Crippen LogP contribution in [-0.4, -0.2) is 52.1 Å². The summed E-state index contributed by atoms with van der Waals surface area (Å²) >= 11 is 0. The first-order valence-electron chi connectivity index (χ1n) is 8.76. The molecule has 0 bridgehead atoms. The van der Waals surface area contributed by atoms with Gasteiger partial charge in [0, 0.05) is 26.3 Å². The van der Waals surface area contributed by atoms with Crippen LogP contribution in [0, 0.1) is 6.92 Å². The summed E-state index contributed by atoms with van der Waals surface area (Å²) in [4.78, 5) is 16.3. The minimum atomic E-state index is -0.123. The Kier molecular flexibility index (Phi) is 7.04. The van der Waals surface area contributed by atoms with Gasteiger partial charge < -0.3 is 19.9 Å². The summed E-state index contributed by atoms with van der Waals surface area (Å²) in [5.74, 6) is 0.580. The van der Waals surface area contributed by atoms with Crippen LogP contribution < -0.4 is 15.0 Å². The third-order valence-corrected chi connectivity index (χ3v) is 4.30. The first kappa shape index (κ1) is 19.8. The molecule has 5 nitrogen and oxygen atoms in total. The molecular formula is C21H29N3O2. The lowest BCUT2D eigenvalue weighted by atomic mass is 10.1. The van der Waals surface area contributed by atoms with Crippen molar-refractivity contribution in [1.82, 2.24) is 10.2 Å². The van der Waals surface area contributed by atoms with Crippen molar-refractivity contribution >= 4 is 11.6 Å². The average molecular weight is 355 g/mol. The third kappa shape index (κ3) is 5.77. The van der Waals surface area contributed by atoms with E-state index in [1.54, 1.807) is 0 Å². The van der Waals surface area contributed by atoms with Gasteiger partial charge in [-0.15, -0.1) is 0 Å². The molecule has 1 amide bonds. The monoisotopic (exact) mass is 355 g/mol. The van der Waals surface area contributed by atoms with Gasteiger partial charge in [-0.25, -0.2) is 0 Å². The zero-order valence-corrected chi connectivity index (χ0v) is 16.3. The van der Waals surface area contributed by atoms with E-state index in [0.717, 1.165) is 11.3 Å². The van der Waals surface area contributed by atoms with Crippen molar-refractivity contribution in [3.05, 3.63) is 59.7 Å². The molecule has 140 valence electrons. The number of hydrogen-bond acceptors (Lipinski definition) is 4. The second-order valence-electron chi connectivity index (χ2n) is 6.87. The van der Waals surface area contributed by atoms with Crippen LogP contribution in [0.5, 0.6) is 5.75 Å². The minimum Gasteiger partial charge on any atom is -0.484 e. The zero-order chi connectivity index (χ0) is 19.1. The van der Waals surface area contributed by atoms with E-state index in [0.29, 0.717) is 12.3 Å². The summed E-state index contributed by atoms with van der Waals surface area (Å²) in [5.41, 5.74) is 3.48. The Morgan fingerprint density at radius 3 is 2.15 bits per heavy atom. The summed E-state index contributed by atoms with van der Waals surface area (Å²) in [7, 11) is 8.07. The fourth-order valence-electron chi connectivity index (χ4n) is 2.64. The fraction of sp³-hybridized carbons (Fsp3) is 0.381. The number of ether oxygens (including phenoxy) is 1. The highest BCUT2D eigenvalue weighted by atomic mass is 16.5. The Morgan fingerprint density at radius 2 is 1.62 bits per heavy atom. The number of carbonyl (C=O) groups excluding carboxylic acids is 1. The Labute approximate surface area is 156 Å². The summed E-state index contributed by atoms with van der Waals surface area (Å²) < 4.78 is 5.53. The van der Waals surface area contributed by atoms with E-state index in [-0.39, 0.29) is 18.6 Å². The highest BCUT2D eigenvalue weighted by Crippen LogP contribution is 2.21. The molecule has 2 rings (SSSR count). The number of likely N-dealkylation sites (N-methyl/N-ethyl adjacent to an activating group) is 1. The second kappa shape index (κ2) is 9.25. The molecule has 0 aromatic heterocycles. The van der Waals surface area contributed by atoms with Crippen molar-refractivity contribution in [3.63, 3.8) is 0 Å². The number of benzene rings is 2. The number of anilines is 1. The Hall–Kier alpha value is -2.53. The van der Waals surface area contributed by atoms with Crippen LogP contribution in [0.3, 0.4) is 0 Å². The largest absolute Gasteiger partial charge is 0.484 e. The van der Waals surface area contributed by atoms with E-state index in [9.17, 15) is 4.79 Å². The lowest BCUT2D eigenvalue weighted by Crippen LogP contribution is -2.36. The molecule has 2 aromatic carbocycles. The van der Waals surface area contributed by atoms with E-state index in [2.05, 4.69) is 39.4 Å². The van der Waals surface area contributed by atoms with Crippen molar-refractivity contribution in [2.75, 3.05) is 46.2 Å². The van der Waals surface area contributed by atoms with Gasteiger partial charge in [0.1, 0.15) is 5.75 Å². The molecular weight excluding hydrogens is 326 g/mol. The van der Waals surface area contributed by atoms with E-state index >= 15 is 0 Å². The molecule has 0 unspecified atom stereocenters. The number of nitrogens with zero attached hydrogens (tertiary/aromatic N) is 2. The number of rotatable bonds is 8. The molecule has 0 aliphatic heterocycles. The third-order valence-electron chi connectivity index (χ3n) is 4.30. The van der Waals surface area contributed by atoms with Gasteiger partial charge in [0.15, 0.2) is 6.61 Å². The highest BCUT2D eigenvalue weighted by Gasteiger charge is 2.15. The van der Waals surface area contributed by atoms with E-state index < -0.39 is 0 Å². The molecule has 0 heterocycles. The Balaban J connectivity index is 1.89. The Morgan fingerprint density at radius 1 is 1.00 bits per heavy atom. The Bertz CT molecular complexity index is 694. The maximum absolute atomic E-state index is 12.1. The van der Waals surface area contributed by atoms with Crippen molar-refractivity contribution < 1.29 is 9.53 Å². The fourth-order valence-corrected chi connectivity index (χ4v) is 2.64. The minimum absolute atomic E-state index is 0.0166. The number of hydrogen-bond donors (Lipinski definition) is 1. The molecule has 0 saturated heterocycles. The predicted molar refractivity (Wildman–Crippen MR) is 107 cm³/mol. The first-order valence-corrected chi connectivity index (χ1v) is 8.76. The highest BCUT2D eigenvalue weighted by molar-refractivity contribution is 5.77. The summed E-state index contributed by atoms with van der Waals surface area (Å²) in [6.07, 6.45) is 0. The van der Waals surface area contributed by atoms with Crippen molar-refractivity contribution in [2.24, 2.45) is 0 Å². The van der Waals surface area contributed by atoms with Crippen molar-refractivity contribution in [3.8, 4) is 5.75 Å². The topological polar surface area (TPSA) is 44.8 Å². The molecule has 5 heteroatoms. The van der Waals surface area contributed by atoms with Gasteiger partial charge in [0.25, 0.3) is 5.91 Å². The molecule has 26 heavy (non-hydrogen) atoms. The average Bonchev–Trinajstić information content (AvgIpc) is 2.61. The van der Waals surface area contributed by atoms with Gasteiger partial charge >= 0.3 is 0 Å². The maximum atomic E-state index is 12.1. The van der Waals surface area contributed by atoms with Gasteiger partial charge in [0.2, 0.25) is 0 Å². The van der Waals surface area contributed by atoms with Gasteiger partial charge in [-0.1, -0.05) is 29.8 Å². The van der Waals surface area contributed by atoms with Crippen molar-refractivity contribution in [2.45, 2.75) is 13.0 Å². The van der Waals surface area contributed by atoms with Crippen LogP contribution in [0.15, 0.2) is 48.5 Å². The second-order valence-corrected chi connectivity index (χ2v) is 6.87. The molecule has 0 saturated carbocycles. The van der Waals surface area contributed by atoms with Crippen LogP contribution in [0.1, 0.15) is 17.2 Å². The summed E-state index contributed by atoms with van der Waals surface area (Å²) in [5, 5.41) is 2.97. The lowest BCUT2D eigenvalue weighted by Gasteiger charge is -2.25. The number of nitrogens with one attached hydrogen (secondary N) is 1. The SMILES string of the molecule is Cc1ccc(OCC(=O)NC[C@@H](c2ccc(N(C)C)cc2)N(C)C)cc1. The van der Waals surface area contributed by atoms with Crippen LogP contribution in [0.25, 0.3) is 0 Å². The van der Waals surface area contributed by atoms with Gasteiger partial charge in [-0.3, -0.25) is 4.79 Å². The standard InChI is InChI=1S/C21H29N3O2/c1-16-6-12-19(13-7-16)26-15-21(25)22-14-20(24(4)5)17-8-10-18(11-9-17)23(2)3/h6-13,20H,14-15H2,1-5H3,(H,22,25)/t20-/m0/s1. The van der Waals surface area contributed by atoms with Gasteiger partial charge in [0.05, 0.1) is 6.04 Å². The van der Waals surface area contributed by atoms with Crippen LogP contribution in [0.2, 0.25) is 0 Å². The number of aryl methyl sites for hydroxylation is 1. The molecule has 0 aliphatic carbocycles. The van der Waals surface area contributed by atoms with Crippen molar-refractivity contribution in [1.29, 1.82) is 0 Å². The number of carbonyl (C=O) groups is 1. The van der Waals surface area contributed by atoms with E-state index in [1.807, 2.05) is 59.4 Å². The lowest BCUT2D eigenvalue weighted by molar-refractivity contribution is -0.123. The maximum Gasteiger partial charge on any atom is 0.258 e. The predicted octanol–water partition coefficient (Wildman–Crippen LogP) is 2.86. The van der Waals surface area contributed by atoms with Crippen LogP contribution in [-0.2, 0) is 4.79 Å². The van der Waals surface area contributed by atoms with Gasteiger partial charge in [-0.2, -0.15) is 0 Å². The molecule has 0 fully saturated rings.